The minimum absolute atomic E-state index is 0.0344. The summed E-state index contributed by atoms with van der Waals surface area (Å²) in [5.74, 6) is 2.01. The topological polar surface area (TPSA) is 46.5 Å². The predicted molar refractivity (Wildman–Crippen MR) is 116 cm³/mol. The van der Waals surface area contributed by atoms with Crippen LogP contribution < -0.4 is 4.74 Å². The van der Waals surface area contributed by atoms with Crippen molar-refractivity contribution in [3.05, 3.63) is 29.1 Å². The van der Waals surface area contributed by atoms with E-state index in [0.717, 1.165) is 36.2 Å². The Morgan fingerprint density at radius 1 is 1.03 bits per heavy atom. The van der Waals surface area contributed by atoms with Gasteiger partial charge in [-0.3, -0.25) is 4.79 Å². The number of hydrogen-bond acceptors (Lipinski definition) is 3. The minimum atomic E-state index is -0.918. The van der Waals surface area contributed by atoms with Crippen LogP contribution in [-0.4, -0.2) is 11.1 Å². The van der Waals surface area contributed by atoms with Crippen LogP contribution in [0.4, 0.5) is 4.39 Å². The Kier molecular flexibility index (Phi) is 6.81. The van der Waals surface area contributed by atoms with E-state index in [2.05, 4.69) is 6.92 Å². The molecule has 2 aliphatic carbocycles. The fourth-order valence-electron chi connectivity index (χ4n) is 6.44. The first-order chi connectivity index (χ1) is 14.5. The molecule has 166 valence electrons. The fourth-order valence-corrected chi connectivity index (χ4v) is 6.44. The summed E-state index contributed by atoms with van der Waals surface area (Å²) in [4.78, 5) is 12.7. The molecule has 1 aliphatic heterocycles. The number of aliphatic hydroxyl groups is 1. The molecular weight excluding hydrogens is 379 g/mol. The summed E-state index contributed by atoms with van der Waals surface area (Å²) < 4.78 is 20.1. The van der Waals surface area contributed by atoms with Crippen molar-refractivity contribution in [3.63, 3.8) is 0 Å². The second-order valence-corrected chi connectivity index (χ2v) is 10.1. The zero-order valence-corrected chi connectivity index (χ0v) is 18.5. The Morgan fingerprint density at radius 2 is 1.63 bits per heavy atom. The number of aliphatic hydroxyl groups excluding tert-OH is 1. The van der Waals surface area contributed by atoms with Gasteiger partial charge in [-0.1, -0.05) is 44.7 Å². The number of halogens is 1. The van der Waals surface area contributed by atoms with E-state index in [1.165, 1.54) is 58.3 Å². The maximum absolute atomic E-state index is 14.6. The van der Waals surface area contributed by atoms with Crippen LogP contribution in [-0.2, 0) is 11.2 Å². The zero-order valence-electron chi connectivity index (χ0n) is 18.5. The number of esters is 1. The van der Waals surface area contributed by atoms with E-state index >= 15 is 0 Å². The lowest BCUT2D eigenvalue weighted by Gasteiger charge is -2.40. The van der Waals surface area contributed by atoms with Crippen LogP contribution in [0, 0.1) is 35.4 Å². The van der Waals surface area contributed by atoms with Crippen molar-refractivity contribution in [2.24, 2.45) is 29.6 Å². The van der Waals surface area contributed by atoms with Crippen molar-refractivity contribution in [1.82, 2.24) is 0 Å². The third-order valence-electron chi connectivity index (χ3n) is 8.24. The number of carbonyl (C=O) groups is 1. The van der Waals surface area contributed by atoms with E-state index in [1.807, 2.05) is 6.07 Å². The highest BCUT2D eigenvalue weighted by atomic mass is 19.1. The summed E-state index contributed by atoms with van der Waals surface area (Å²) in [7, 11) is 0. The SMILES string of the molecule is CCCC1CCC(C2CCC(C3Cc4ccc(C(C)O)c(F)c4OC3=O)CC2)CC1. The van der Waals surface area contributed by atoms with E-state index in [0.29, 0.717) is 12.3 Å². The molecule has 1 aromatic rings. The van der Waals surface area contributed by atoms with Gasteiger partial charge in [-0.05, 0) is 81.1 Å². The van der Waals surface area contributed by atoms with Crippen LogP contribution in [0.3, 0.4) is 0 Å². The monoisotopic (exact) mass is 416 g/mol. The Balaban J connectivity index is 1.34. The highest BCUT2D eigenvalue weighted by Crippen LogP contribution is 2.45. The maximum Gasteiger partial charge on any atom is 0.315 e. The molecule has 0 radical (unpaired) electrons. The molecule has 1 aromatic carbocycles. The average molecular weight is 417 g/mol. The van der Waals surface area contributed by atoms with Gasteiger partial charge < -0.3 is 9.84 Å². The van der Waals surface area contributed by atoms with E-state index in [1.54, 1.807) is 6.07 Å². The first-order valence-electron chi connectivity index (χ1n) is 12.2. The molecule has 0 aromatic heterocycles. The number of fused-ring (bicyclic) bond motifs is 1. The summed E-state index contributed by atoms with van der Waals surface area (Å²) in [5.41, 5.74) is 0.951. The number of ether oxygens (including phenoxy) is 1. The van der Waals surface area contributed by atoms with Crippen LogP contribution in [0.15, 0.2) is 12.1 Å². The second kappa shape index (κ2) is 9.38. The fraction of sp³-hybridized carbons (Fsp3) is 0.731. The lowest BCUT2D eigenvalue weighted by atomic mass is 9.66. The molecule has 3 aliphatic rings. The van der Waals surface area contributed by atoms with E-state index in [9.17, 15) is 14.3 Å². The normalized spacial score (nSPS) is 32.9. The van der Waals surface area contributed by atoms with Gasteiger partial charge in [-0.15, -0.1) is 0 Å². The molecule has 4 rings (SSSR count). The molecule has 2 saturated carbocycles. The van der Waals surface area contributed by atoms with Crippen molar-refractivity contribution in [1.29, 1.82) is 0 Å². The highest BCUT2D eigenvalue weighted by Gasteiger charge is 2.39. The Bertz CT molecular complexity index is 743. The van der Waals surface area contributed by atoms with Crippen molar-refractivity contribution in [3.8, 4) is 5.75 Å². The van der Waals surface area contributed by atoms with Crippen molar-refractivity contribution >= 4 is 5.97 Å². The lowest BCUT2D eigenvalue weighted by molar-refractivity contribution is -0.143. The number of rotatable bonds is 5. The number of carbonyl (C=O) groups excluding carboxylic acids is 1. The van der Waals surface area contributed by atoms with Gasteiger partial charge in [0.15, 0.2) is 11.6 Å². The summed E-state index contributed by atoms with van der Waals surface area (Å²) in [6, 6.07) is 3.45. The standard InChI is InChI=1S/C26H37FO3/c1-3-4-17-5-7-18(8-6-17)19-9-11-20(12-10-19)23-15-21-13-14-22(16(2)28)24(27)25(21)30-26(23)29/h13-14,16-20,23,28H,3-12,15H2,1-2H3. The smallest absolute Gasteiger partial charge is 0.315 e. The molecule has 3 nitrogen and oxygen atoms in total. The largest absolute Gasteiger partial charge is 0.423 e. The van der Waals surface area contributed by atoms with Crippen LogP contribution in [0.2, 0.25) is 0 Å². The molecule has 0 bridgehead atoms. The summed E-state index contributed by atoms with van der Waals surface area (Å²) >= 11 is 0. The first-order valence-corrected chi connectivity index (χ1v) is 12.2. The minimum Gasteiger partial charge on any atom is -0.423 e. The predicted octanol–water partition coefficient (Wildman–Crippen LogP) is 6.37. The first kappa shape index (κ1) is 21.8. The van der Waals surface area contributed by atoms with Crippen LogP contribution in [0.1, 0.15) is 95.3 Å². The zero-order chi connectivity index (χ0) is 21.3. The quantitative estimate of drug-likeness (QED) is 0.448. The molecule has 2 unspecified atom stereocenters. The molecule has 0 spiro atoms. The third kappa shape index (κ3) is 4.44. The van der Waals surface area contributed by atoms with Gasteiger partial charge in [0.2, 0.25) is 0 Å². The van der Waals surface area contributed by atoms with E-state index < -0.39 is 11.9 Å². The Labute approximate surface area is 180 Å². The van der Waals surface area contributed by atoms with Gasteiger partial charge in [-0.2, -0.15) is 0 Å². The van der Waals surface area contributed by atoms with E-state index in [4.69, 9.17) is 4.74 Å². The van der Waals surface area contributed by atoms with Gasteiger partial charge in [-0.25, -0.2) is 4.39 Å². The third-order valence-corrected chi connectivity index (χ3v) is 8.24. The summed E-state index contributed by atoms with van der Waals surface area (Å²) in [5, 5.41) is 9.72. The molecule has 4 heteroatoms. The molecule has 2 fully saturated rings. The van der Waals surface area contributed by atoms with Crippen LogP contribution in [0.25, 0.3) is 0 Å². The summed E-state index contributed by atoms with van der Waals surface area (Å²) in [6.07, 6.45) is 12.6. The number of benzene rings is 1. The van der Waals surface area contributed by atoms with Gasteiger partial charge in [0, 0.05) is 5.56 Å². The van der Waals surface area contributed by atoms with Crippen LogP contribution >= 0.6 is 0 Å². The van der Waals surface area contributed by atoms with Crippen molar-refractivity contribution < 1.29 is 19.0 Å². The molecule has 1 heterocycles. The number of hydrogen-bond donors (Lipinski definition) is 1. The molecule has 2 atom stereocenters. The highest BCUT2D eigenvalue weighted by molar-refractivity contribution is 5.78. The van der Waals surface area contributed by atoms with Gasteiger partial charge in [0.1, 0.15) is 0 Å². The molecule has 0 saturated heterocycles. The lowest BCUT2D eigenvalue weighted by Crippen LogP contribution is -2.36. The van der Waals surface area contributed by atoms with Gasteiger partial charge in [0.05, 0.1) is 12.0 Å². The van der Waals surface area contributed by atoms with E-state index in [-0.39, 0.29) is 23.2 Å². The molecule has 0 amide bonds. The average Bonchev–Trinajstić information content (AvgIpc) is 2.75. The molecule has 1 N–H and O–H groups in total. The molecule has 30 heavy (non-hydrogen) atoms. The van der Waals surface area contributed by atoms with Gasteiger partial charge in [0.25, 0.3) is 0 Å². The Morgan fingerprint density at radius 3 is 2.23 bits per heavy atom. The molecular formula is C26H37FO3. The second-order valence-electron chi connectivity index (χ2n) is 10.1. The maximum atomic E-state index is 14.6. The van der Waals surface area contributed by atoms with Gasteiger partial charge >= 0.3 is 5.97 Å². The summed E-state index contributed by atoms with van der Waals surface area (Å²) in [6.45, 7) is 3.81. The van der Waals surface area contributed by atoms with Crippen LogP contribution in [0.5, 0.6) is 5.75 Å². The van der Waals surface area contributed by atoms with Crippen molar-refractivity contribution in [2.45, 2.75) is 90.6 Å². The Hall–Kier alpha value is -1.42. The van der Waals surface area contributed by atoms with Crippen molar-refractivity contribution in [2.75, 3.05) is 0 Å².